The van der Waals surface area contributed by atoms with Gasteiger partial charge in [-0.05, 0) is 121 Å². The fourth-order valence-electron chi connectivity index (χ4n) is 8.72. The Kier molecular flexibility index (Phi) is 8.23. The SMILES string of the molecule is CC1(C)c2ccccc2-c2ccc(N(c3ccc(-c4cccc(-c5cccc(-c6ccc7ccccc7c6)c5)c4)cc3)c3ccccc3-c3ccccc3)cc21. The fourth-order valence-corrected chi connectivity index (χ4v) is 8.72. The maximum Gasteiger partial charge on any atom is 0.0540 e. The molecule has 1 nitrogen and oxygen atoms in total. The number of rotatable bonds is 7. The predicted octanol–water partition coefficient (Wildman–Crippen LogP) is 15.3. The van der Waals surface area contributed by atoms with Crippen molar-refractivity contribution < 1.29 is 0 Å². The van der Waals surface area contributed by atoms with Crippen LogP contribution in [0.15, 0.2) is 212 Å². The van der Waals surface area contributed by atoms with Gasteiger partial charge >= 0.3 is 0 Å². The quantitative estimate of drug-likeness (QED) is 0.159. The summed E-state index contributed by atoms with van der Waals surface area (Å²) in [6.07, 6.45) is 0. The Hall–Kier alpha value is -6.96. The van der Waals surface area contributed by atoms with Crippen LogP contribution in [0.3, 0.4) is 0 Å². The topological polar surface area (TPSA) is 3.24 Å². The maximum atomic E-state index is 2.43. The van der Waals surface area contributed by atoms with Crippen molar-refractivity contribution in [1.29, 1.82) is 0 Å². The molecule has 9 aromatic carbocycles. The van der Waals surface area contributed by atoms with E-state index in [4.69, 9.17) is 0 Å². The van der Waals surface area contributed by atoms with Crippen LogP contribution >= 0.6 is 0 Å². The van der Waals surface area contributed by atoms with E-state index in [9.17, 15) is 0 Å². The fraction of sp³-hybridized carbons (Fsp3) is 0.0545. The largest absolute Gasteiger partial charge is 0.310 e. The zero-order valence-electron chi connectivity index (χ0n) is 31.7. The first kappa shape index (κ1) is 33.6. The van der Waals surface area contributed by atoms with E-state index in [-0.39, 0.29) is 5.41 Å². The monoisotopic (exact) mass is 715 g/mol. The highest BCUT2D eigenvalue weighted by molar-refractivity contribution is 5.91. The summed E-state index contributed by atoms with van der Waals surface area (Å²) >= 11 is 0. The van der Waals surface area contributed by atoms with Crippen LogP contribution in [0.4, 0.5) is 17.1 Å². The van der Waals surface area contributed by atoms with Crippen LogP contribution in [0.2, 0.25) is 0 Å². The van der Waals surface area contributed by atoms with Crippen LogP contribution in [-0.4, -0.2) is 0 Å². The average Bonchev–Trinajstić information content (AvgIpc) is 3.49. The average molecular weight is 716 g/mol. The number of benzene rings is 9. The minimum Gasteiger partial charge on any atom is -0.310 e. The summed E-state index contributed by atoms with van der Waals surface area (Å²) in [7, 11) is 0. The summed E-state index contributed by atoms with van der Waals surface area (Å²) in [5, 5.41) is 2.52. The normalized spacial score (nSPS) is 12.6. The summed E-state index contributed by atoms with van der Waals surface area (Å²) in [6, 6.07) is 77.6. The third-order valence-electron chi connectivity index (χ3n) is 11.7. The van der Waals surface area contributed by atoms with Crippen LogP contribution in [0.1, 0.15) is 25.0 Å². The molecule has 0 unspecified atom stereocenters. The second-order valence-electron chi connectivity index (χ2n) is 15.4. The van der Waals surface area contributed by atoms with Crippen LogP contribution in [0.5, 0.6) is 0 Å². The lowest BCUT2D eigenvalue weighted by Crippen LogP contribution is -2.16. The molecule has 0 fully saturated rings. The minimum atomic E-state index is -0.101. The lowest BCUT2D eigenvalue weighted by Gasteiger charge is -2.30. The van der Waals surface area contributed by atoms with Crippen LogP contribution in [-0.2, 0) is 5.41 Å². The number of fused-ring (bicyclic) bond motifs is 4. The van der Waals surface area contributed by atoms with Gasteiger partial charge in [-0.25, -0.2) is 0 Å². The second-order valence-corrected chi connectivity index (χ2v) is 15.4. The van der Waals surface area contributed by atoms with Gasteiger partial charge in [0.15, 0.2) is 0 Å². The highest BCUT2D eigenvalue weighted by Crippen LogP contribution is 2.51. The highest BCUT2D eigenvalue weighted by Gasteiger charge is 2.35. The van der Waals surface area contributed by atoms with Crippen LogP contribution in [0, 0.1) is 0 Å². The van der Waals surface area contributed by atoms with Gasteiger partial charge in [0, 0.05) is 22.4 Å². The Morgan fingerprint density at radius 2 is 0.821 bits per heavy atom. The van der Waals surface area contributed by atoms with Gasteiger partial charge in [0.25, 0.3) is 0 Å². The summed E-state index contributed by atoms with van der Waals surface area (Å²) in [5.41, 5.74) is 18.3. The van der Waals surface area contributed by atoms with Crippen molar-refractivity contribution in [2.24, 2.45) is 0 Å². The van der Waals surface area contributed by atoms with Crippen molar-refractivity contribution in [2.45, 2.75) is 19.3 Å². The van der Waals surface area contributed by atoms with Gasteiger partial charge in [-0.2, -0.15) is 0 Å². The first-order valence-corrected chi connectivity index (χ1v) is 19.5. The van der Waals surface area contributed by atoms with Gasteiger partial charge < -0.3 is 4.90 Å². The lowest BCUT2D eigenvalue weighted by molar-refractivity contribution is 0.660. The van der Waals surface area contributed by atoms with E-state index < -0.39 is 0 Å². The van der Waals surface area contributed by atoms with Crippen molar-refractivity contribution in [3.05, 3.63) is 223 Å². The molecule has 56 heavy (non-hydrogen) atoms. The molecule has 0 atom stereocenters. The molecule has 9 aromatic rings. The van der Waals surface area contributed by atoms with Crippen LogP contribution in [0.25, 0.3) is 66.4 Å². The summed E-state index contributed by atoms with van der Waals surface area (Å²) in [4.78, 5) is 2.43. The Balaban J connectivity index is 1.03. The predicted molar refractivity (Wildman–Crippen MR) is 238 cm³/mol. The smallest absolute Gasteiger partial charge is 0.0540 e. The van der Waals surface area contributed by atoms with E-state index in [1.165, 1.54) is 77.5 Å². The van der Waals surface area contributed by atoms with Crippen molar-refractivity contribution >= 4 is 27.8 Å². The molecule has 0 radical (unpaired) electrons. The molecule has 10 rings (SSSR count). The van der Waals surface area contributed by atoms with E-state index in [1.54, 1.807) is 0 Å². The Labute approximate surface area is 329 Å². The molecule has 0 saturated heterocycles. The van der Waals surface area contributed by atoms with Crippen molar-refractivity contribution in [3.63, 3.8) is 0 Å². The molecule has 1 aliphatic rings. The van der Waals surface area contributed by atoms with Crippen LogP contribution < -0.4 is 4.90 Å². The van der Waals surface area contributed by atoms with Gasteiger partial charge in [-0.15, -0.1) is 0 Å². The number of nitrogens with zero attached hydrogens (tertiary/aromatic N) is 1. The first-order chi connectivity index (χ1) is 27.5. The number of hydrogen-bond donors (Lipinski definition) is 0. The summed E-state index contributed by atoms with van der Waals surface area (Å²) < 4.78 is 0. The molecule has 0 heterocycles. The molecule has 0 aromatic heterocycles. The van der Waals surface area contributed by atoms with Gasteiger partial charge in [-0.1, -0.05) is 178 Å². The molecule has 0 saturated carbocycles. The Morgan fingerprint density at radius 1 is 0.304 bits per heavy atom. The van der Waals surface area contributed by atoms with Crippen molar-refractivity contribution in [2.75, 3.05) is 4.90 Å². The van der Waals surface area contributed by atoms with Crippen molar-refractivity contribution in [3.8, 4) is 55.6 Å². The summed E-state index contributed by atoms with van der Waals surface area (Å²) in [5.74, 6) is 0. The minimum absolute atomic E-state index is 0.101. The molecule has 0 bridgehead atoms. The van der Waals surface area contributed by atoms with Crippen molar-refractivity contribution in [1.82, 2.24) is 0 Å². The second kappa shape index (κ2) is 13.7. The zero-order chi connectivity index (χ0) is 37.6. The van der Waals surface area contributed by atoms with E-state index in [0.717, 1.165) is 17.1 Å². The lowest BCUT2D eigenvalue weighted by atomic mass is 9.82. The molecule has 0 amide bonds. The Morgan fingerprint density at radius 3 is 1.55 bits per heavy atom. The molecular formula is C55H41N. The van der Waals surface area contributed by atoms with E-state index in [0.29, 0.717) is 0 Å². The molecular weight excluding hydrogens is 675 g/mol. The third-order valence-corrected chi connectivity index (χ3v) is 11.7. The number of para-hydroxylation sites is 1. The van der Waals surface area contributed by atoms with Gasteiger partial charge in [0.05, 0.1) is 5.69 Å². The molecule has 1 heteroatoms. The number of hydrogen-bond acceptors (Lipinski definition) is 1. The number of anilines is 3. The molecule has 0 N–H and O–H groups in total. The zero-order valence-corrected chi connectivity index (χ0v) is 31.7. The van der Waals surface area contributed by atoms with Gasteiger partial charge in [0.1, 0.15) is 0 Å². The van der Waals surface area contributed by atoms with E-state index in [2.05, 4.69) is 231 Å². The molecule has 0 aliphatic heterocycles. The third kappa shape index (κ3) is 5.90. The Bertz CT molecular complexity index is 2880. The standard InChI is InChI=1S/C55H41N/c1-55(2)52-24-10-8-23-50(52)51-33-32-48(37-53(51)55)56(54-25-11-9-22-49(54)40-15-4-3-5-16-40)47-30-28-39(29-31-47)42-18-12-19-43(34-42)44-20-13-21-45(36-44)46-27-26-38-14-6-7-17-41(38)35-46/h3-37H,1-2H3. The first-order valence-electron chi connectivity index (χ1n) is 19.5. The maximum absolute atomic E-state index is 2.43. The highest BCUT2D eigenvalue weighted by atomic mass is 15.1. The molecule has 1 aliphatic carbocycles. The molecule has 0 spiro atoms. The summed E-state index contributed by atoms with van der Waals surface area (Å²) in [6.45, 7) is 4.71. The molecule has 266 valence electrons. The van der Waals surface area contributed by atoms with E-state index in [1.807, 2.05) is 0 Å². The van der Waals surface area contributed by atoms with Gasteiger partial charge in [-0.3, -0.25) is 0 Å². The van der Waals surface area contributed by atoms with Gasteiger partial charge in [0.2, 0.25) is 0 Å². The van der Waals surface area contributed by atoms with E-state index >= 15 is 0 Å².